The van der Waals surface area contributed by atoms with Gasteiger partial charge in [0, 0.05) is 27.5 Å². The molecule has 24 heavy (non-hydrogen) atoms. The minimum absolute atomic E-state index is 0.178. The number of benzene rings is 1. The van der Waals surface area contributed by atoms with E-state index in [1.54, 1.807) is 13.1 Å². The lowest BCUT2D eigenvalue weighted by molar-refractivity contribution is -0.142. The van der Waals surface area contributed by atoms with Gasteiger partial charge in [0.05, 0.1) is 24.9 Å². The lowest BCUT2D eigenvalue weighted by Crippen LogP contribution is -2.07. The Morgan fingerprint density at radius 3 is 3.12 bits per heavy atom. The largest absolute Gasteiger partial charge is 0.466 e. The number of aryl methyl sites for hydroxylation is 1. The van der Waals surface area contributed by atoms with Crippen molar-refractivity contribution in [3.8, 4) is 0 Å². The Bertz CT molecular complexity index is 882. The molecule has 0 amide bonds. The molecule has 0 aliphatic carbocycles. The summed E-state index contributed by atoms with van der Waals surface area (Å²) in [6, 6.07) is 8.09. The van der Waals surface area contributed by atoms with Gasteiger partial charge in [-0.15, -0.1) is 11.3 Å². The maximum atomic E-state index is 11.4. The number of hydrazone groups is 1. The fourth-order valence-electron chi connectivity index (χ4n) is 2.42. The van der Waals surface area contributed by atoms with Gasteiger partial charge in [0.15, 0.2) is 0 Å². The summed E-state index contributed by atoms with van der Waals surface area (Å²) >= 11 is 1.40. The van der Waals surface area contributed by atoms with Crippen molar-refractivity contribution in [2.24, 2.45) is 5.10 Å². The number of nitrogens with zero attached hydrogens (tertiary/aromatic N) is 2. The molecule has 0 unspecified atom stereocenters. The van der Waals surface area contributed by atoms with Crippen molar-refractivity contribution in [1.82, 2.24) is 9.97 Å². The van der Waals surface area contributed by atoms with Gasteiger partial charge in [-0.1, -0.05) is 18.2 Å². The van der Waals surface area contributed by atoms with E-state index in [1.165, 1.54) is 11.3 Å². The number of para-hydroxylation sites is 1. The number of thiazole rings is 1. The molecule has 2 N–H and O–H groups in total. The number of ether oxygens (including phenoxy) is 1. The number of aromatic amines is 1. The number of carbonyl (C=O) groups is 1. The molecule has 3 aromatic rings. The van der Waals surface area contributed by atoms with Crippen molar-refractivity contribution in [1.29, 1.82) is 0 Å². The highest BCUT2D eigenvalue weighted by Crippen LogP contribution is 2.20. The zero-order valence-electron chi connectivity index (χ0n) is 13.5. The van der Waals surface area contributed by atoms with Gasteiger partial charge in [0.25, 0.3) is 0 Å². The standard InChI is InChI=1S/C17H18N4O2S/c1-3-23-16(22)8-12-10-24-17(20-12)21-18-9-14-11(2)19-15-7-5-4-6-13(14)15/h4-7,9-10,19H,3,8H2,1-2H3,(H,20,21)/b18-9-. The van der Waals surface area contributed by atoms with Crippen LogP contribution in [0.2, 0.25) is 0 Å². The average molecular weight is 342 g/mol. The normalized spacial score (nSPS) is 11.2. The van der Waals surface area contributed by atoms with Gasteiger partial charge in [0.1, 0.15) is 0 Å². The van der Waals surface area contributed by atoms with Crippen LogP contribution in [0.1, 0.15) is 23.9 Å². The highest BCUT2D eigenvalue weighted by atomic mass is 32.1. The van der Waals surface area contributed by atoms with Crippen molar-refractivity contribution in [2.45, 2.75) is 20.3 Å². The number of hydrogen-bond donors (Lipinski definition) is 2. The van der Waals surface area contributed by atoms with Gasteiger partial charge in [-0.2, -0.15) is 5.10 Å². The van der Waals surface area contributed by atoms with E-state index in [2.05, 4.69) is 26.6 Å². The van der Waals surface area contributed by atoms with E-state index in [1.807, 2.05) is 30.5 Å². The molecule has 2 heterocycles. The Balaban J connectivity index is 1.67. The number of anilines is 1. The van der Waals surface area contributed by atoms with Crippen LogP contribution in [0, 0.1) is 6.92 Å². The summed E-state index contributed by atoms with van der Waals surface area (Å²) in [5, 5.41) is 7.85. The zero-order valence-corrected chi connectivity index (χ0v) is 14.3. The molecule has 124 valence electrons. The molecule has 2 aromatic heterocycles. The molecule has 7 heteroatoms. The zero-order chi connectivity index (χ0) is 16.9. The van der Waals surface area contributed by atoms with E-state index in [0.29, 0.717) is 17.4 Å². The molecule has 1 aromatic carbocycles. The van der Waals surface area contributed by atoms with Crippen LogP contribution in [-0.4, -0.2) is 28.8 Å². The van der Waals surface area contributed by atoms with E-state index in [0.717, 1.165) is 22.2 Å². The Morgan fingerprint density at radius 2 is 2.29 bits per heavy atom. The summed E-state index contributed by atoms with van der Waals surface area (Å²) < 4.78 is 4.91. The third kappa shape index (κ3) is 3.62. The minimum atomic E-state index is -0.271. The van der Waals surface area contributed by atoms with Crippen molar-refractivity contribution in [2.75, 3.05) is 12.0 Å². The number of hydrogen-bond acceptors (Lipinski definition) is 6. The number of rotatable bonds is 6. The fraction of sp³-hybridized carbons (Fsp3) is 0.235. The Labute approximate surface area is 143 Å². The molecule has 0 fully saturated rings. The highest BCUT2D eigenvalue weighted by molar-refractivity contribution is 7.13. The molecule has 0 saturated carbocycles. The highest BCUT2D eigenvalue weighted by Gasteiger charge is 2.08. The first-order valence-electron chi connectivity index (χ1n) is 7.63. The van der Waals surface area contributed by atoms with Crippen molar-refractivity contribution in [3.63, 3.8) is 0 Å². The molecule has 0 bridgehead atoms. The number of esters is 1. The molecular weight excluding hydrogens is 324 g/mol. The smallest absolute Gasteiger partial charge is 0.311 e. The quantitative estimate of drug-likeness (QED) is 0.408. The molecule has 0 radical (unpaired) electrons. The first-order valence-corrected chi connectivity index (χ1v) is 8.51. The molecule has 6 nitrogen and oxygen atoms in total. The van der Waals surface area contributed by atoms with Crippen LogP contribution in [0.3, 0.4) is 0 Å². The van der Waals surface area contributed by atoms with Gasteiger partial charge >= 0.3 is 5.97 Å². The van der Waals surface area contributed by atoms with E-state index < -0.39 is 0 Å². The second-order valence-corrected chi connectivity index (χ2v) is 6.06. The predicted octanol–water partition coefficient (Wildman–Crippen LogP) is 3.48. The second kappa shape index (κ2) is 7.27. The third-order valence-electron chi connectivity index (χ3n) is 3.48. The van der Waals surface area contributed by atoms with Crippen molar-refractivity contribution >= 4 is 39.6 Å². The summed E-state index contributed by atoms with van der Waals surface area (Å²) in [5.74, 6) is -0.271. The Kier molecular flexibility index (Phi) is 4.90. The molecular formula is C17H18N4O2S. The molecule has 0 aliphatic rings. The van der Waals surface area contributed by atoms with Crippen LogP contribution in [-0.2, 0) is 16.0 Å². The van der Waals surface area contributed by atoms with Crippen molar-refractivity contribution < 1.29 is 9.53 Å². The third-order valence-corrected chi connectivity index (χ3v) is 4.28. The first kappa shape index (κ1) is 16.2. The molecule has 0 atom stereocenters. The monoisotopic (exact) mass is 342 g/mol. The maximum absolute atomic E-state index is 11.4. The Hall–Kier alpha value is -2.67. The second-order valence-electron chi connectivity index (χ2n) is 5.21. The summed E-state index contributed by atoms with van der Waals surface area (Å²) in [6.07, 6.45) is 1.96. The van der Waals surface area contributed by atoms with E-state index >= 15 is 0 Å². The molecule has 0 aliphatic heterocycles. The Morgan fingerprint density at radius 1 is 1.46 bits per heavy atom. The summed E-state index contributed by atoms with van der Waals surface area (Å²) in [5.41, 5.74) is 6.78. The van der Waals surface area contributed by atoms with Crippen LogP contribution in [0.5, 0.6) is 0 Å². The maximum Gasteiger partial charge on any atom is 0.311 e. The average Bonchev–Trinajstić information content (AvgIpc) is 3.12. The van der Waals surface area contributed by atoms with Crippen LogP contribution < -0.4 is 5.43 Å². The lowest BCUT2D eigenvalue weighted by Gasteiger charge is -1.98. The van der Waals surface area contributed by atoms with E-state index in [9.17, 15) is 4.79 Å². The summed E-state index contributed by atoms with van der Waals surface area (Å²) in [6.45, 7) is 4.18. The van der Waals surface area contributed by atoms with E-state index in [4.69, 9.17) is 4.74 Å². The van der Waals surface area contributed by atoms with Crippen LogP contribution in [0.15, 0.2) is 34.7 Å². The predicted molar refractivity (Wildman–Crippen MR) is 96.7 cm³/mol. The number of carbonyl (C=O) groups excluding carboxylic acids is 1. The number of fused-ring (bicyclic) bond motifs is 1. The SMILES string of the molecule is CCOC(=O)Cc1csc(N/N=C\c2c(C)[nH]c3ccccc23)n1. The topological polar surface area (TPSA) is 79.4 Å². The number of H-pyrrole nitrogens is 1. The summed E-state index contributed by atoms with van der Waals surface area (Å²) in [7, 11) is 0. The van der Waals surface area contributed by atoms with E-state index in [-0.39, 0.29) is 12.4 Å². The first-order chi connectivity index (χ1) is 11.7. The van der Waals surface area contributed by atoms with Gasteiger partial charge in [0.2, 0.25) is 5.13 Å². The molecule has 0 saturated heterocycles. The van der Waals surface area contributed by atoms with Crippen LogP contribution >= 0.6 is 11.3 Å². The van der Waals surface area contributed by atoms with Crippen LogP contribution in [0.4, 0.5) is 5.13 Å². The number of aromatic nitrogens is 2. The fourth-order valence-corrected chi connectivity index (χ4v) is 3.08. The minimum Gasteiger partial charge on any atom is -0.466 e. The molecule has 3 rings (SSSR count). The lowest BCUT2D eigenvalue weighted by atomic mass is 10.1. The van der Waals surface area contributed by atoms with Gasteiger partial charge in [-0.05, 0) is 19.9 Å². The van der Waals surface area contributed by atoms with Gasteiger partial charge in [-0.25, -0.2) is 4.98 Å². The summed E-state index contributed by atoms with van der Waals surface area (Å²) in [4.78, 5) is 19.1. The number of nitrogens with one attached hydrogen (secondary N) is 2. The van der Waals surface area contributed by atoms with Crippen LogP contribution in [0.25, 0.3) is 10.9 Å². The van der Waals surface area contributed by atoms with Crippen molar-refractivity contribution in [3.05, 3.63) is 46.6 Å². The van der Waals surface area contributed by atoms with Gasteiger partial charge < -0.3 is 9.72 Å². The van der Waals surface area contributed by atoms with Gasteiger partial charge in [-0.3, -0.25) is 10.2 Å². The molecule has 0 spiro atoms.